The van der Waals surface area contributed by atoms with E-state index >= 15 is 0 Å². The molecular weight excluding hydrogens is 232 g/mol. The minimum atomic E-state index is 0.643. The Balaban J connectivity index is 0.000000191. The van der Waals surface area contributed by atoms with Crippen LogP contribution in [0.15, 0.2) is 24.3 Å². The zero-order valence-corrected chi connectivity index (χ0v) is 11.9. The van der Waals surface area contributed by atoms with Crippen LogP contribution in [0.2, 0.25) is 0 Å². The molecule has 1 aliphatic rings. The smallest absolute Gasteiger partial charge is 0.0991 e. The number of nitriles is 1. The maximum Gasteiger partial charge on any atom is 0.0991 e. The van der Waals surface area contributed by atoms with Crippen molar-refractivity contribution in [2.45, 2.75) is 64.2 Å². The summed E-state index contributed by atoms with van der Waals surface area (Å²) in [7, 11) is 0. The molecule has 1 fully saturated rings. The van der Waals surface area contributed by atoms with Gasteiger partial charge in [0.25, 0.3) is 0 Å². The predicted molar refractivity (Wildman–Crippen MR) is 81.7 cm³/mol. The van der Waals surface area contributed by atoms with Gasteiger partial charge in [-0.05, 0) is 24.3 Å². The van der Waals surface area contributed by atoms with Gasteiger partial charge in [0.15, 0.2) is 0 Å². The van der Waals surface area contributed by atoms with Gasteiger partial charge in [0, 0.05) is 5.69 Å². The van der Waals surface area contributed by atoms with E-state index in [2.05, 4.69) is 0 Å². The fourth-order valence-electron chi connectivity index (χ4n) is 2.33. The third-order valence-corrected chi connectivity index (χ3v) is 3.54. The van der Waals surface area contributed by atoms with Crippen LogP contribution in [0.4, 0.5) is 5.69 Å². The molecule has 1 aromatic carbocycles. The molecule has 0 aromatic heterocycles. The first-order chi connectivity index (χ1) is 9.33. The standard InChI is InChI=1S/C10H20.C7H6N2/c1-2-4-6-8-10-9-7-5-3-1;8-5-6-1-3-7(9)4-2-6/h1-10H2;1-4H,9H2. The molecule has 0 radical (unpaired) electrons. The third-order valence-electron chi connectivity index (χ3n) is 3.54. The van der Waals surface area contributed by atoms with Crippen molar-refractivity contribution in [2.24, 2.45) is 0 Å². The van der Waals surface area contributed by atoms with Gasteiger partial charge in [-0.2, -0.15) is 5.26 Å². The summed E-state index contributed by atoms with van der Waals surface area (Å²) >= 11 is 0. The van der Waals surface area contributed by atoms with Crippen molar-refractivity contribution in [3.05, 3.63) is 29.8 Å². The van der Waals surface area contributed by atoms with Crippen LogP contribution in [-0.4, -0.2) is 0 Å². The van der Waals surface area contributed by atoms with Crippen LogP contribution in [0.1, 0.15) is 69.8 Å². The third kappa shape index (κ3) is 8.26. The van der Waals surface area contributed by atoms with Gasteiger partial charge >= 0.3 is 0 Å². The molecule has 0 spiro atoms. The molecule has 2 nitrogen and oxygen atoms in total. The SMILES string of the molecule is C1CCCCCCCCC1.N#Cc1ccc(N)cc1. The maximum absolute atomic E-state index is 8.34. The Hall–Kier alpha value is -1.49. The van der Waals surface area contributed by atoms with Crippen molar-refractivity contribution >= 4 is 5.69 Å². The van der Waals surface area contributed by atoms with Crippen LogP contribution < -0.4 is 5.73 Å². The van der Waals surface area contributed by atoms with E-state index in [4.69, 9.17) is 11.0 Å². The summed E-state index contributed by atoms with van der Waals surface area (Å²) < 4.78 is 0. The Kier molecular flexibility index (Phi) is 8.55. The molecule has 0 heterocycles. The first kappa shape index (κ1) is 15.6. The average Bonchev–Trinajstić information content (AvgIpc) is 2.47. The highest BCUT2D eigenvalue weighted by Gasteiger charge is 1.95. The maximum atomic E-state index is 8.34. The Morgan fingerprint density at radius 3 is 1.26 bits per heavy atom. The van der Waals surface area contributed by atoms with Crippen molar-refractivity contribution in [1.29, 1.82) is 5.26 Å². The zero-order valence-electron chi connectivity index (χ0n) is 11.9. The van der Waals surface area contributed by atoms with Crippen LogP contribution in [0.3, 0.4) is 0 Å². The molecule has 2 N–H and O–H groups in total. The van der Waals surface area contributed by atoms with Crippen molar-refractivity contribution in [1.82, 2.24) is 0 Å². The molecule has 0 saturated heterocycles. The van der Waals surface area contributed by atoms with Crippen LogP contribution >= 0.6 is 0 Å². The van der Waals surface area contributed by atoms with E-state index in [-0.39, 0.29) is 0 Å². The lowest BCUT2D eigenvalue weighted by Crippen LogP contribution is -1.85. The normalized spacial score (nSPS) is 16.6. The second-order valence-electron chi connectivity index (χ2n) is 5.27. The zero-order chi connectivity index (χ0) is 13.8. The highest BCUT2D eigenvalue weighted by atomic mass is 14.5. The fraction of sp³-hybridized carbons (Fsp3) is 0.588. The molecule has 2 rings (SSSR count). The molecular formula is C17H26N2. The van der Waals surface area contributed by atoms with Crippen LogP contribution in [0.25, 0.3) is 0 Å². The molecule has 2 heteroatoms. The van der Waals surface area contributed by atoms with Gasteiger partial charge in [0.2, 0.25) is 0 Å². The number of benzene rings is 1. The highest BCUT2D eigenvalue weighted by molar-refractivity contribution is 5.42. The van der Waals surface area contributed by atoms with Crippen molar-refractivity contribution < 1.29 is 0 Å². The van der Waals surface area contributed by atoms with E-state index in [0.717, 1.165) is 0 Å². The second-order valence-corrected chi connectivity index (χ2v) is 5.27. The van der Waals surface area contributed by atoms with E-state index in [9.17, 15) is 0 Å². The number of hydrogen-bond acceptors (Lipinski definition) is 2. The molecule has 1 saturated carbocycles. The quantitative estimate of drug-likeness (QED) is 0.663. The lowest BCUT2D eigenvalue weighted by atomic mass is 10.0. The monoisotopic (exact) mass is 258 g/mol. The van der Waals surface area contributed by atoms with Gasteiger partial charge in [-0.15, -0.1) is 0 Å². The molecule has 0 unspecified atom stereocenters. The fourth-order valence-corrected chi connectivity index (χ4v) is 2.33. The van der Waals surface area contributed by atoms with Crippen molar-refractivity contribution in [3.63, 3.8) is 0 Å². The number of nitrogens with zero attached hydrogens (tertiary/aromatic N) is 1. The van der Waals surface area contributed by atoms with Gasteiger partial charge in [0.1, 0.15) is 0 Å². The highest BCUT2D eigenvalue weighted by Crippen LogP contribution is 2.15. The Bertz CT molecular complexity index is 329. The van der Waals surface area contributed by atoms with E-state index < -0.39 is 0 Å². The minimum Gasteiger partial charge on any atom is -0.399 e. The molecule has 0 atom stereocenters. The van der Waals surface area contributed by atoms with Crippen LogP contribution in [0, 0.1) is 11.3 Å². The number of anilines is 1. The number of hydrogen-bond donors (Lipinski definition) is 1. The second kappa shape index (κ2) is 10.4. The summed E-state index contributed by atoms with van der Waals surface area (Å²) in [4.78, 5) is 0. The van der Waals surface area contributed by atoms with Crippen molar-refractivity contribution in [2.75, 3.05) is 5.73 Å². The van der Waals surface area contributed by atoms with Gasteiger partial charge < -0.3 is 5.73 Å². The van der Waals surface area contributed by atoms with Gasteiger partial charge in [-0.25, -0.2) is 0 Å². The molecule has 1 aliphatic carbocycles. The minimum absolute atomic E-state index is 0.643. The molecule has 104 valence electrons. The van der Waals surface area contributed by atoms with Crippen LogP contribution in [0.5, 0.6) is 0 Å². The van der Waals surface area contributed by atoms with E-state index in [1.165, 1.54) is 64.2 Å². The first-order valence-electron chi connectivity index (χ1n) is 7.58. The number of nitrogen functional groups attached to an aromatic ring is 1. The van der Waals surface area contributed by atoms with E-state index in [1.807, 2.05) is 6.07 Å². The summed E-state index contributed by atoms with van der Waals surface area (Å²) in [6, 6.07) is 8.79. The average molecular weight is 258 g/mol. The predicted octanol–water partition coefficient (Wildman–Crippen LogP) is 5.04. The number of rotatable bonds is 0. The van der Waals surface area contributed by atoms with E-state index in [0.29, 0.717) is 11.3 Å². The topological polar surface area (TPSA) is 49.8 Å². The molecule has 1 aromatic rings. The lowest BCUT2D eigenvalue weighted by Gasteiger charge is -2.05. The lowest BCUT2D eigenvalue weighted by molar-refractivity contribution is 0.504. The number of nitrogens with two attached hydrogens (primary N) is 1. The van der Waals surface area contributed by atoms with Gasteiger partial charge in [0.05, 0.1) is 11.6 Å². The summed E-state index contributed by atoms with van der Waals surface area (Å²) in [5.74, 6) is 0. The molecule has 0 amide bonds. The van der Waals surface area contributed by atoms with Gasteiger partial charge in [-0.1, -0.05) is 64.2 Å². The summed E-state index contributed by atoms with van der Waals surface area (Å²) in [6.07, 6.45) is 15.0. The molecule has 19 heavy (non-hydrogen) atoms. The first-order valence-corrected chi connectivity index (χ1v) is 7.58. The summed E-state index contributed by atoms with van der Waals surface area (Å²) in [5, 5.41) is 8.34. The Morgan fingerprint density at radius 1 is 0.684 bits per heavy atom. The molecule has 0 bridgehead atoms. The Labute approximate surface area is 117 Å². The largest absolute Gasteiger partial charge is 0.399 e. The summed E-state index contributed by atoms with van der Waals surface area (Å²) in [6.45, 7) is 0. The molecule has 0 aliphatic heterocycles. The van der Waals surface area contributed by atoms with Crippen molar-refractivity contribution in [3.8, 4) is 6.07 Å². The van der Waals surface area contributed by atoms with Gasteiger partial charge in [-0.3, -0.25) is 0 Å². The Morgan fingerprint density at radius 2 is 1.00 bits per heavy atom. The van der Waals surface area contributed by atoms with Crippen LogP contribution in [-0.2, 0) is 0 Å². The van der Waals surface area contributed by atoms with E-state index in [1.54, 1.807) is 24.3 Å². The summed E-state index contributed by atoms with van der Waals surface area (Å²) in [5.41, 5.74) is 6.70.